The molecule has 72 valence electrons. The van der Waals surface area contributed by atoms with Gasteiger partial charge in [0.2, 0.25) is 0 Å². The van der Waals surface area contributed by atoms with Gasteiger partial charge < -0.3 is 5.21 Å². The molecule has 1 rings (SSSR count). The van der Waals surface area contributed by atoms with Crippen LogP contribution in [-0.4, -0.2) is 17.3 Å². The first kappa shape index (κ1) is 10.0. The second-order valence-electron chi connectivity index (χ2n) is 2.67. The molecule has 0 aromatic heterocycles. The monoisotopic (exact) mass is 191 g/mol. The summed E-state index contributed by atoms with van der Waals surface area (Å²) in [5.41, 5.74) is -0.0936. The topological polar surface area (TPSA) is 23.5 Å². The number of nitrogens with zero attached hydrogens (tertiary/aromatic N) is 1. The molecule has 0 unspecified atom stereocenters. The van der Waals surface area contributed by atoms with Gasteiger partial charge >= 0.3 is 0 Å². The average molecular weight is 191 g/mol. The van der Waals surface area contributed by atoms with E-state index in [0.29, 0.717) is 11.1 Å². The SMILES string of the molecule is CN(O)Cc1cc(F)c(F)cc1F. The number of hydroxylamine groups is 2. The molecule has 0 heterocycles. The Morgan fingerprint density at radius 3 is 2.23 bits per heavy atom. The standard InChI is InChI=1S/C8H8F3NO/c1-12(13)4-5-2-7(10)8(11)3-6(5)9/h2-3,13H,4H2,1H3. The van der Waals surface area contributed by atoms with E-state index in [2.05, 4.69) is 0 Å². The molecule has 5 heteroatoms. The van der Waals surface area contributed by atoms with E-state index in [9.17, 15) is 13.2 Å². The van der Waals surface area contributed by atoms with E-state index in [4.69, 9.17) is 5.21 Å². The summed E-state index contributed by atoms with van der Waals surface area (Å²) in [7, 11) is 1.28. The van der Waals surface area contributed by atoms with Crippen molar-refractivity contribution < 1.29 is 18.4 Å². The molecule has 1 N–H and O–H groups in total. The van der Waals surface area contributed by atoms with Crippen LogP contribution < -0.4 is 0 Å². The summed E-state index contributed by atoms with van der Waals surface area (Å²) >= 11 is 0. The lowest BCUT2D eigenvalue weighted by Crippen LogP contribution is -2.13. The van der Waals surface area contributed by atoms with Gasteiger partial charge in [-0.2, -0.15) is 5.06 Å². The van der Waals surface area contributed by atoms with Gasteiger partial charge in [0.05, 0.1) is 6.54 Å². The number of hydrogen-bond acceptors (Lipinski definition) is 2. The number of benzene rings is 1. The van der Waals surface area contributed by atoms with E-state index in [1.807, 2.05) is 0 Å². The number of hydrogen-bond donors (Lipinski definition) is 1. The van der Waals surface area contributed by atoms with Gasteiger partial charge in [0, 0.05) is 18.7 Å². The van der Waals surface area contributed by atoms with Gasteiger partial charge in [-0.1, -0.05) is 0 Å². The van der Waals surface area contributed by atoms with Crippen molar-refractivity contribution in [2.75, 3.05) is 7.05 Å². The van der Waals surface area contributed by atoms with Gasteiger partial charge in [-0.05, 0) is 6.07 Å². The van der Waals surface area contributed by atoms with Crippen molar-refractivity contribution in [1.29, 1.82) is 0 Å². The van der Waals surface area contributed by atoms with Gasteiger partial charge in [0.1, 0.15) is 5.82 Å². The van der Waals surface area contributed by atoms with Crippen LogP contribution in [0.3, 0.4) is 0 Å². The van der Waals surface area contributed by atoms with E-state index in [1.165, 1.54) is 7.05 Å². The summed E-state index contributed by atoms with van der Waals surface area (Å²) in [4.78, 5) is 0. The van der Waals surface area contributed by atoms with Gasteiger partial charge in [-0.3, -0.25) is 0 Å². The first-order valence-electron chi connectivity index (χ1n) is 3.54. The normalized spacial score (nSPS) is 10.9. The molecule has 0 bridgehead atoms. The smallest absolute Gasteiger partial charge is 0.161 e. The van der Waals surface area contributed by atoms with Crippen LogP contribution in [0.1, 0.15) is 5.56 Å². The van der Waals surface area contributed by atoms with E-state index in [-0.39, 0.29) is 12.1 Å². The summed E-state index contributed by atoms with van der Waals surface area (Å²) in [5, 5.41) is 9.42. The lowest BCUT2D eigenvalue weighted by Gasteiger charge is -2.08. The highest BCUT2D eigenvalue weighted by Gasteiger charge is 2.10. The van der Waals surface area contributed by atoms with Gasteiger partial charge in [0.15, 0.2) is 11.6 Å². The summed E-state index contributed by atoms with van der Waals surface area (Å²) in [5.74, 6) is -3.24. The first-order valence-corrected chi connectivity index (χ1v) is 3.54. The molecule has 0 radical (unpaired) electrons. The quantitative estimate of drug-likeness (QED) is 0.570. The number of halogens is 3. The minimum atomic E-state index is -1.23. The Morgan fingerprint density at radius 1 is 1.15 bits per heavy atom. The van der Waals surface area contributed by atoms with Crippen molar-refractivity contribution in [3.8, 4) is 0 Å². The molecule has 1 aromatic carbocycles. The molecule has 0 saturated carbocycles. The minimum absolute atomic E-state index is 0.0936. The molecule has 0 atom stereocenters. The van der Waals surface area contributed by atoms with Crippen LogP contribution in [0.15, 0.2) is 12.1 Å². The van der Waals surface area contributed by atoms with Gasteiger partial charge in [-0.25, -0.2) is 13.2 Å². The Morgan fingerprint density at radius 2 is 1.69 bits per heavy atom. The maximum absolute atomic E-state index is 12.8. The highest BCUT2D eigenvalue weighted by atomic mass is 19.2. The molecule has 0 aliphatic rings. The summed E-state index contributed by atoms with van der Waals surface area (Å²) in [6.45, 7) is -0.191. The van der Waals surface area contributed by atoms with Crippen LogP contribution >= 0.6 is 0 Å². The molecule has 0 saturated heterocycles. The average Bonchev–Trinajstić information content (AvgIpc) is 1.99. The number of rotatable bonds is 2. The Bertz CT molecular complexity index is 315. The third kappa shape index (κ3) is 2.43. The van der Waals surface area contributed by atoms with E-state index in [0.717, 1.165) is 6.07 Å². The maximum atomic E-state index is 12.8. The fourth-order valence-corrected chi connectivity index (χ4v) is 0.931. The molecule has 0 spiro atoms. The summed E-state index contributed by atoms with van der Waals surface area (Å²) in [6.07, 6.45) is 0. The molecule has 0 aliphatic carbocycles. The van der Waals surface area contributed by atoms with E-state index < -0.39 is 17.5 Å². The predicted octanol–water partition coefficient (Wildman–Crippen LogP) is 1.92. The molecule has 13 heavy (non-hydrogen) atoms. The van der Waals surface area contributed by atoms with Crippen molar-refractivity contribution in [3.63, 3.8) is 0 Å². The minimum Gasteiger partial charge on any atom is -0.314 e. The first-order chi connectivity index (χ1) is 6.00. The third-order valence-corrected chi connectivity index (χ3v) is 1.49. The van der Waals surface area contributed by atoms with E-state index in [1.54, 1.807) is 0 Å². The summed E-state index contributed by atoms with van der Waals surface area (Å²) < 4.78 is 37.8. The Labute approximate surface area is 73.2 Å². The molecule has 0 aliphatic heterocycles. The fraction of sp³-hybridized carbons (Fsp3) is 0.250. The molecule has 1 aromatic rings. The Kier molecular flexibility index (Phi) is 2.90. The van der Waals surface area contributed by atoms with Crippen molar-refractivity contribution in [2.45, 2.75) is 6.54 Å². The highest BCUT2D eigenvalue weighted by Crippen LogP contribution is 2.14. The van der Waals surface area contributed by atoms with Crippen LogP contribution in [0.2, 0.25) is 0 Å². The van der Waals surface area contributed by atoms with Gasteiger partial charge in [-0.15, -0.1) is 0 Å². The molecular weight excluding hydrogens is 183 g/mol. The van der Waals surface area contributed by atoms with Crippen molar-refractivity contribution in [1.82, 2.24) is 5.06 Å². The summed E-state index contributed by atoms with van der Waals surface area (Å²) in [6, 6.07) is 1.17. The van der Waals surface area contributed by atoms with Crippen LogP contribution in [0, 0.1) is 17.5 Å². The van der Waals surface area contributed by atoms with Crippen LogP contribution in [0.4, 0.5) is 13.2 Å². The molecular formula is C8H8F3NO. The van der Waals surface area contributed by atoms with Crippen LogP contribution in [0.5, 0.6) is 0 Å². The second-order valence-corrected chi connectivity index (χ2v) is 2.67. The zero-order chi connectivity index (χ0) is 10.0. The van der Waals surface area contributed by atoms with E-state index >= 15 is 0 Å². The zero-order valence-electron chi connectivity index (χ0n) is 6.89. The second kappa shape index (κ2) is 3.76. The molecule has 0 amide bonds. The van der Waals surface area contributed by atoms with Crippen molar-refractivity contribution >= 4 is 0 Å². The zero-order valence-corrected chi connectivity index (χ0v) is 6.89. The van der Waals surface area contributed by atoms with Crippen molar-refractivity contribution in [2.24, 2.45) is 0 Å². The lowest BCUT2D eigenvalue weighted by molar-refractivity contribution is -0.0739. The maximum Gasteiger partial charge on any atom is 0.161 e. The predicted molar refractivity (Wildman–Crippen MR) is 39.6 cm³/mol. The van der Waals surface area contributed by atoms with Crippen molar-refractivity contribution in [3.05, 3.63) is 35.1 Å². The van der Waals surface area contributed by atoms with Crippen LogP contribution in [-0.2, 0) is 6.54 Å². The largest absolute Gasteiger partial charge is 0.314 e. The molecule has 0 fully saturated rings. The lowest BCUT2D eigenvalue weighted by atomic mass is 10.2. The molecule has 2 nitrogen and oxygen atoms in total. The van der Waals surface area contributed by atoms with Crippen LogP contribution in [0.25, 0.3) is 0 Å². The Hall–Kier alpha value is -1.07. The third-order valence-electron chi connectivity index (χ3n) is 1.49. The fourth-order valence-electron chi connectivity index (χ4n) is 0.931. The highest BCUT2D eigenvalue weighted by molar-refractivity contribution is 5.19. The Balaban J connectivity index is 3.01. The van der Waals surface area contributed by atoms with Gasteiger partial charge in [0.25, 0.3) is 0 Å².